The topological polar surface area (TPSA) is 29.1 Å². The van der Waals surface area contributed by atoms with Gasteiger partial charge in [0, 0.05) is 15.7 Å². The van der Waals surface area contributed by atoms with E-state index in [1.54, 1.807) is 0 Å². The molecule has 1 aliphatic carbocycles. The normalized spacial score (nSPS) is 15.6. The van der Waals surface area contributed by atoms with Crippen LogP contribution in [0.15, 0.2) is 24.3 Å². The van der Waals surface area contributed by atoms with Crippen molar-refractivity contribution in [3.05, 3.63) is 33.4 Å². The van der Waals surface area contributed by atoms with Gasteiger partial charge in [-0.2, -0.15) is 0 Å². The Kier molecular flexibility index (Phi) is 4.21. The Morgan fingerprint density at radius 3 is 2.88 bits per heavy atom. The quantitative estimate of drug-likeness (QED) is 0.845. The van der Waals surface area contributed by atoms with Gasteiger partial charge in [0.2, 0.25) is 0 Å². The fourth-order valence-corrected chi connectivity index (χ4v) is 2.45. The van der Waals surface area contributed by atoms with Gasteiger partial charge in [0.05, 0.1) is 0 Å². The molecule has 0 heterocycles. The van der Waals surface area contributed by atoms with Crippen LogP contribution in [0.3, 0.4) is 0 Å². The van der Waals surface area contributed by atoms with Crippen LogP contribution in [-0.4, -0.2) is 12.5 Å². The third-order valence-corrected chi connectivity index (χ3v) is 3.82. The van der Waals surface area contributed by atoms with Gasteiger partial charge in [0.25, 0.3) is 5.91 Å². The van der Waals surface area contributed by atoms with Crippen LogP contribution in [0, 0.1) is 9.49 Å². The Hall–Kier alpha value is -0.580. The van der Waals surface area contributed by atoms with Crippen molar-refractivity contribution in [1.82, 2.24) is 5.32 Å². The zero-order chi connectivity index (χ0) is 11.4. The predicted molar refractivity (Wildman–Crippen MR) is 73.5 cm³/mol. The van der Waals surface area contributed by atoms with Crippen LogP contribution in [0.2, 0.25) is 0 Å². The molecule has 1 aromatic carbocycles. The third-order valence-electron chi connectivity index (χ3n) is 3.15. The summed E-state index contributed by atoms with van der Waals surface area (Å²) in [6.07, 6.45) is 5.20. The van der Waals surface area contributed by atoms with Crippen molar-refractivity contribution in [2.45, 2.75) is 25.7 Å². The molecule has 16 heavy (non-hydrogen) atoms. The highest BCUT2D eigenvalue weighted by molar-refractivity contribution is 14.1. The lowest BCUT2D eigenvalue weighted by atomic mass is 9.83. The van der Waals surface area contributed by atoms with Crippen molar-refractivity contribution in [1.29, 1.82) is 0 Å². The molecule has 1 fully saturated rings. The van der Waals surface area contributed by atoms with Crippen molar-refractivity contribution in [3.63, 3.8) is 0 Å². The van der Waals surface area contributed by atoms with Crippen LogP contribution in [0.1, 0.15) is 36.0 Å². The standard InChI is InChI=1S/C13H16INO/c14-12-6-2-5-11(9-12)13(16)15-8-7-10-3-1-4-10/h2,5-6,9-10H,1,3-4,7-8H2,(H,15,16). The van der Waals surface area contributed by atoms with Crippen molar-refractivity contribution in [2.24, 2.45) is 5.92 Å². The monoisotopic (exact) mass is 329 g/mol. The average molecular weight is 329 g/mol. The van der Waals surface area contributed by atoms with E-state index in [0.717, 1.165) is 28.0 Å². The molecular formula is C13H16INO. The molecule has 0 unspecified atom stereocenters. The minimum atomic E-state index is 0.0536. The molecular weight excluding hydrogens is 313 g/mol. The van der Waals surface area contributed by atoms with E-state index in [-0.39, 0.29) is 5.91 Å². The molecule has 0 bridgehead atoms. The van der Waals surface area contributed by atoms with Crippen LogP contribution in [0.25, 0.3) is 0 Å². The second kappa shape index (κ2) is 5.66. The van der Waals surface area contributed by atoms with E-state index in [9.17, 15) is 4.79 Å². The van der Waals surface area contributed by atoms with Crippen LogP contribution in [0.5, 0.6) is 0 Å². The predicted octanol–water partition coefficient (Wildman–Crippen LogP) is 3.21. The van der Waals surface area contributed by atoms with E-state index < -0.39 is 0 Å². The first kappa shape index (κ1) is 11.9. The molecule has 1 aromatic rings. The number of hydrogen-bond acceptors (Lipinski definition) is 1. The van der Waals surface area contributed by atoms with Crippen LogP contribution < -0.4 is 5.32 Å². The van der Waals surface area contributed by atoms with Crippen LogP contribution >= 0.6 is 22.6 Å². The summed E-state index contributed by atoms with van der Waals surface area (Å²) in [5.41, 5.74) is 0.764. The fourth-order valence-electron chi connectivity index (χ4n) is 1.90. The number of halogens is 1. The highest BCUT2D eigenvalue weighted by atomic mass is 127. The maximum Gasteiger partial charge on any atom is 0.251 e. The van der Waals surface area contributed by atoms with Gasteiger partial charge >= 0.3 is 0 Å². The molecule has 1 amide bonds. The summed E-state index contributed by atoms with van der Waals surface area (Å²) in [5.74, 6) is 0.911. The van der Waals surface area contributed by atoms with Crippen molar-refractivity contribution in [2.75, 3.05) is 6.54 Å². The fraction of sp³-hybridized carbons (Fsp3) is 0.462. The molecule has 2 nitrogen and oxygen atoms in total. The molecule has 0 aromatic heterocycles. The second-order valence-corrected chi connectivity index (χ2v) is 5.60. The summed E-state index contributed by atoms with van der Waals surface area (Å²) in [6.45, 7) is 0.814. The third kappa shape index (κ3) is 3.20. The second-order valence-electron chi connectivity index (χ2n) is 4.35. The number of nitrogens with one attached hydrogen (secondary N) is 1. The summed E-state index contributed by atoms with van der Waals surface area (Å²) in [7, 11) is 0. The van der Waals surface area contributed by atoms with Gasteiger partial charge in [-0.05, 0) is 53.1 Å². The van der Waals surface area contributed by atoms with Gasteiger partial charge in [-0.1, -0.05) is 25.3 Å². The SMILES string of the molecule is O=C(NCCC1CCC1)c1cccc(I)c1. The number of amides is 1. The van der Waals surface area contributed by atoms with Crippen molar-refractivity contribution in [3.8, 4) is 0 Å². The Morgan fingerprint density at radius 1 is 1.44 bits per heavy atom. The Labute approximate surface area is 110 Å². The largest absolute Gasteiger partial charge is 0.352 e. The molecule has 0 atom stereocenters. The Morgan fingerprint density at radius 2 is 2.25 bits per heavy atom. The maximum absolute atomic E-state index is 11.8. The van der Waals surface area contributed by atoms with Gasteiger partial charge in [0.15, 0.2) is 0 Å². The Balaban J connectivity index is 1.78. The molecule has 0 radical (unpaired) electrons. The first-order chi connectivity index (χ1) is 7.75. The molecule has 0 saturated heterocycles. The van der Waals surface area contributed by atoms with Crippen molar-refractivity contribution >= 4 is 28.5 Å². The van der Waals surface area contributed by atoms with Crippen molar-refractivity contribution < 1.29 is 4.79 Å². The molecule has 3 heteroatoms. The van der Waals surface area contributed by atoms with Gasteiger partial charge < -0.3 is 5.32 Å². The molecule has 2 rings (SSSR count). The molecule has 1 N–H and O–H groups in total. The summed E-state index contributed by atoms with van der Waals surface area (Å²) < 4.78 is 1.10. The minimum Gasteiger partial charge on any atom is -0.352 e. The van der Waals surface area contributed by atoms with Gasteiger partial charge in [0.1, 0.15) is 0 Å². The number of benzene rings is 1. The number of carbonyl (C=O) groups excluding carboxylic acids is 1. The van der Waals surface area contributed by atoms with E-state index in [1.807, 2.05) is 24.3 Å². The van der Waals surface area contributed by atoms with Gasteiger partial charge in [-0.25, -0.2) is 0 Å². The number of hydrogen-bond donors (Lipinski definition) is 1. The molecule has 86 valence electrons. The summed E-state index contributed by atoms with van der Waals surface area (Å²) >= 11 is 2.22. The lowest BCUT2D eigenvalue weighted by Crippen LogP contribution is -2.27. The first-order valence-corrected chi connectivity index (χ1v) is 6.87. The highest BCUT2D eigenvalue weighted by Gasteiger charge is 2.16. The molecule has 1 aliphatic rings. The van der Waals surface area contributed by atoms with Gasteiger partial charge in [-0.3, -0.25) is 4.79 Å². The van der Waals surface area contributed by atoms with Crippen LogP contribution in [-0.2, 0) is 0 Å². The van der Waals surface area contributed by atoms with E-state index in [2.05, 4.69) is 27.9 Å². The smallest absolute Gasteiger partial charge is 0.251 e. The van der Waals surface area contributed by atoms with Gasteiger partial charge in [-0.15, -0.1) is 0 Å². The molecule has 1 saturated carbocycles. The summed E-state index contributed by atoms with van der Waals surface area (Å²) in [6, 6.07) is 7.69. The summed E-state index contributed by atoms with van der Waals surface area (Å²) in [4.78, 5) is 11.8. The number of carbonyl (C=O) groups is 1. The van der Waals surface area contributed by atoms with E-state index in [4.69, 9.17) is 0 Å². The zero-order valence-corrected chi connectivity index (χ0v) is 11.4. The maximum atomic E-state index is 11.8. The van der Waals surface area contributed by atoms with E-state index >= 15 is 0 Å². The van der Waals surface area contributed by atoms with Crippen LogP contribution in [0.4, 0.5) is 0 Å². The zero-order valence-electron chi connectivity index (χ0n) is 9.21. The molecule has 0 aliphatic heterocycles. The highest BCUT2D eigenvalue weighted by Crippen LogP contribution is 2.28. The summed E-state index contributed by atoms with van der Waals surface area (Å²) in [5, 5.41) is 2.98. The van der Waals surface area contributed by atoms with E-state index in [0.29, 0.717) is 0 Å². The minimum absolute atomic E-state index is 0.0536. The first-order valence-electron chi connectivity index (χ1n) is 5.79. The lowest BCUT2D eigenvalue weighted by Gasteiger charge is -2.25. The Bertz CT molecular complexity index is 374. The number of rotatable bonds is 4. The molecule has 0 spiro atoms. The van der Waals surface area contributed by atoms with E-state index in [1.165, 1.54) is 19.3 Å². The average Bonchev–Trinajstić information content (AvgIpc) is 2.21. The lowest BCUT2D eigenvalue weighted by molar-refractivity contribution is 0.0949.